The van der Waals surface area contributed by atoms with Crippen LogP contribution >= 0.6 is 0 Å². The molecule has 8 heteroatoms. The lowest BCUT2D eigenvalue weighted by atomic mass is 9.91. The van der Waals surface area contributed by atoms with Crippen LogP contribution in [0.25, 0.3) is 0 Å². The number of carbonyl (C=O) groups is 2. The molecule has 1 spiro atoms. The maximum absolute atomic E-state index is 13.8. The smallest absolute Gasteiger partial charge is 0.292 e. The van der Waals surface area contributed by atoms with Gasteiger partial charge in [-0.3, -0.25) is 9.59 Å². The number of hydrogen-bond donors (Lipinski definition) is 0. The quantitative estimate of drug-likeness (QED) is 0.659. The van der Waals surface area contributed by atoms with Crippen LogP contribution in [-0.2, 0) is 22.4 Å². The number of hydrogen-bond acceptors (Lipinski definition) is 6. The normalized spacial score (nSPS) is 21.9. The molecule has 1 saturated heterocycles. The van der Waals surface area contributed by atoms with Gasteiger partial charge in [0.25, 0.3) is 11.8 Å². The van der Waals surface area contributed by atoms with Crippen molar-refractivity contribution >= 4 is 11.8 Å². The van der Waals surface area contributed by atoms with Crippen molar-refractivity contribution in [1.82, 2.24) is 15.0 Å². The van der Waals surface area contributed by atoms with E-state index < -0.39 is 5.60 Å². The van der Waals surface area contributed by atoms with Crippen LogP contribution in [-0.4, -0.2) is 71.8 Å². The van der Waals surface area contributed by atoms with E-state index in [-0.39, 0.29) is 24.1 Å². The summed E-state index contributed by atoms with van der Waals surface area (Å²) in [6.45, 7) is 8.50. The van der Waals surface area contributed by atoms with Gasteiger partial charge in [0.15, 0.2) is 5.60 Å². The first kappa shape index (κ1) is 25.2. The van der Waals surface area contributed by atoms with Gasteiger partial charge in [-0.15, -0.1) is 0 Å². The first-order chi connectivity index (χ1) is 16.9. The molecule has 0 radical (unpaired) electrons. The average molecular weight is 484 g/mol. The molecule has 0 N–H and O–H groups in total. The highest BCUT2D eigenvalue weighted by Gasteiger charge is 2.47. The minimum atomic E-state index is -1.07. The van der Waals surface area contributed by atoms with Crippen molar-refractivity contribution < 1.29 is 23.6 Å². The van der Waals surface area contributed by atoms with Crippen molar-refractivity contribution in [2.24, 2.45) is 5.92 Å². The maximum atomic E-state index is 13.8. The number of carbonyl (C=O) groups excluding carboxylic acids is 2. The lowest BCUT2D eigenvalue weighted by Crippen LogP contribution is -2.62. The van der Waals surface area contributed by atoms with Gasteiger partial charge in [0.05, 0.1) is 25.4 Å². The second-order valence-electron chi connectivity index (χ2n) is 9.90. The molecule has 3 heterocycles. The molecule has 1 aromatic carbocycles. The molecule has 2 aliphatic rings. The van der Waals surface area contributed by atoms with E-state index in [1.54, 1.807) is 15.9 Å². The Kier molecular flexibility index (Phi) is 8.11. The molecule has 2 aromatic rings. The predicted molar refractivity (Wildman–Crippen MR) is 131 cm³/mol. The SMILES string of the molecule is CCN1CCOc2ccccc2CCCCC2(CN(C(=O)c3cc(CC(C)C)no3)CCO2)C1=O. The summed E-state index contributed by atoms with van der Waals surface area (Å²) >= 11 is 0. The monoisotopic (exact) mass is 483 g/mol. The van der Waals surface area contributed by atoms with E-state index in [1.807, 2.05) is 25.1 Å². The van der Waals surface area contributed by atoms with Crippen LogP contribution in [0.5, 0.6) is 5.75 Å². The van der Waals surface area contributed by atoms with E-state index in [2.05, 4.69) is 25.1 Å². The van der Waals surface area contributed by atoms with Gasteiger partial charge in [-0.2, -0.15) is 0 Å². The molecule has 0 bridgehead atoms. The molecular weight excluding hydrogens is 446 g/mol. The largest absolute Gasteiger partial charge is 0.491 e. The first-order valence-electron chi connectivity index (χ1n) is 12.8. The molecule has 1 atom stereocenters. The lowest BCUT2D eigenvalue weighted by molar-refractivity contribution is -0.170. The number of morpholine rings is 1. The van der Waals surface area contributed by atoms with E-state index >= 15 is 0 Å². The highest BCUT2D eigenvalue weighted by molar-refractivity contribution is 5.93. The van der Waals surface area contributed by atoms with E-state index in [1.165, 1.54) is 5.56 Å². The highest BCUT2D eigenvalue weighted by atomic mass is 16.5. The van der Waals surface area contributed by atoms with Crippen LogP contribution in [0.1, 0.15) is 61.8 Å². The number of likely N-dealkylation sites (N-methyl/N-ethyl adjacent to an activating group) is 1. The predicted octanol–water partition coefficient (Wildman–Crippen LogP) is 3.74. The fourth-order valence-corrected chi connectivity index (χ4v) is 4.96. The lowest BCUT2D eigenvalue weighted by Gasteiger charge is -2.43. The number of fused-ring (bicyclic) bond motifs is 1. The zero-order valence-corrected chi connectivity index (χ0v) is 21.1. The zero-order chi connectivity index (χ0) is 24.8. The van der Waals surface area contributed by atoms with Crippen molar-refractivity contribution in [2.45, 2.75) is 58.5 Å². The molecule has 8 nitrogen and oxygen atoms in total. The second kappa shape index (κ2) is 11.2. The Bertz CT molecular complexity index is 1020. The Morgan fingerprint density at radius 3 is 2.80 bits per heavy atom. The fraction of sp³-hybridized carbons (Fsp3) is 0.593. The maximum Gasteiger partial charge on any atom is 0.292 e. The van der Waals surface area contributed by atoms with Gasteiger partial charge in [0.2, 0.25) is 5.76 Å². The zero-order valence-electron chi connectivity index (χ0n) is 21.1. The number of rotatable bonds is 4. The highest BCUT2D eigenvalue weighted by Crippen LogP contribution is 2.30. The molecule has 1 fully saturated rings. The third kappa shape index (κ3) is 5.86. The summed E-state index contributed by atoms with van der Waals surface area (Å²) in [5.74, 6) is 1.21. The van der Waals surface area contributed by atoms with Gasteiger partial charge >= 0.3 is 0 Å². The molecule has 2 amide bonds. The van der Waals surface area contributed by atoms with Crippen LogP contribution < -0.4 is 4.74 Å². The van der Waals surface area contributed by atoms with Gasteiger partial charge in [-0.05, 0) is 56.6 Å². The Labute approximate surface area is 207 Å². The number of ether oxygens (including phenoxy) is 2. The van der Waals surface area contributed by atoms with E-state index in [0.717, 1.165) is 37.1 Å². The number of benzene rings is 1. The first-order valence-corrected chi connectivity index (χ1v) is 12.8. The fourth-order valence-electron chi connectivity index (χ4n) is 4.96. The Morgan fingerprint density at radius 1 is 1.17 bits per heavy atom. The minimum absolute atomic E-state index is 0.0759. The summed E-state index contributed by atoms with van der Waals surface area (Å²) in [6.07, 6.45) is 3.89. The van der Waals surface area contributed by atoms with Crippen molar-refractivity contribution in [1.29, 1.82) is 0 Å². The van der Waals surface area contributed by atoms with Crippen LogP contribution in [0, 0.1) is 5.92 Å². The van der Waals surface area contributed by atoms with Crippen LogP contribution in [0.4, 0.5) is 0 Å². The Morgan fingerprint density at radius 2 is 2.00 bits per heavy atom. The Balaban J connectivity index is 1.53. The van der Waals surface area contributed by atoms with Gasteiger partial charge in [0.1, 0.15) is 12.4 Å². The van der Waals surface area contributed by atoms with Crippen LogP contribution in [0.3, 0.4) is 0 Å². The summed E-state index contributed by atoms with van der Waals surface area (Å²) in [5.41, 5.74) is 0.884. The average Bonchev–Trinajstić information content (AvgIpc) is 3.31. The Hall–Kier alpha value is -2.87. The summed E-state index contributed by atoms with van der Waals surface area (Å²) in [7, 11) is 0. The molecule has 190 valence electrons. The number of aryl methyl sites for hydroxylation is 1. The van der Waals surface area contributed by atoms with Crippen LogP contribution in [0.2, 0.25) is 0 Å². The van der Waals surface area contributed by atoms with Crippen LogP contribution in [0.15, 0.2) is 34.9 Å². The number of amides is 2. The third-order valence-electron chi connectivity index (χ3n) is 6.79. The molecule has 0 aliphatic carbocycles. The van der Waals surface area contributed by atoms with E-state index in [0.29, 0.717) is 45.2 Å². The number of aromatic nitrogens is 1. The molecule has 1 unspecified atom stereocenters. The van der Waals surface area contributed by atoms with E-state index in [9.17, 15) is 9.59 Å². The van der Waals surface area contributed by atoms with Crippen molar-refractivity contribution in [3.05, 3.63) is 47.3 Å². The summed E-state index contributed by atoms with van der Waals surface area (Å²) in [5, 5.41) is 4.06. The molecule has 35 heavy (non-hydrogen) atoms. The molecular formula is C27H37N3O5. The third-order valence-corrected chi connectivity index (χ3v) is 6.79. The standard InChI is InChI=1S/C27H37N3O5/c1-4-29-13-15-33-23-11-6-5-9-21(23)10-7-8-12-27(26(29)32)19-30(14-16-34-27)25(31)24-18-22(28-35-24)17-20(2)3/h5-6,9,11,18,20H,4,7-8,10,12-17,19H2,1-3H3. The summed E-state index contributed by atoms with van der Waals surface area (Å²) in [4.78, 5) is 30.6. The minimum Gasteiger partial charge on any atom is -0.491 e. The van der Waals surface area contributed by atoms with Gasteiger partial charge < -0.3 is 23.8 Å². The van der Waals surface area contributed by atoms with Gasteiger partial charge in [-0.1, -0.05) is 37.2 Å². The van der Waals surface area contributed by atoms with Crippen molar-refractivity contribution in [3.63, 3.8) is 0 Å². The van der Waals surface area contributed by atoms with Crippen molar-refractivity contribution in [2.75, 3.05) is 39.4 Å². The number of para-hydroxylation sites is 1. The van der Waals surface area contributed by atoms with Crippen molar-refractivity contribution in [3.8, 4) is 5.75 Å². The van der Waals surface area contributed by atoms with Gasteiger partial charge in [0, 0.05) is 19.2 Å². The summed E-state index contributed by atoms with van der Waals surface area (Å²) < 4.78 is 17.6. The summed E-state index contributed by atoms with van der Waals surface area (Å²) in [6, 6.07) is 9.82. The molecule has 1 aromatic heterocycles. The molecule has 2 aliphatic heterocycles. The topological polar surface area (TPSA) is 85.1 Å². The van der Waals surface area contributed by atoms with E-state index in [4.69, 9.17) is 14.0 Å². The second-order valence-corrected chi connectivity index (χ2v) is 9.90. The molecule has 4 rings (SSSR count). The van der Waals surface area contributed by atoms with Gasteiger partial charge in [-0.25, -0.2) is 0 Å². The molecule has 0 saturated carbocycles. The number of nitrogens with zero attached hydrogens (tertiary/aromatic N) is 3.